The Labute approximate surface area is 158 Å². The number of benzene rings is 3. The average Bonchev–Trinajstić information content (AvgIpc) is 2.71. The quantitative estimate of drug-likeness (QED) is 0.342. The zero-order valence-corrected chi connectivity index (χ0v) is 14.7. The van der Waals surface area contributed by atoms with Crippen LogP contribution in [0.3, 0.4) is 0 Å². The van der Waals surface area contributed by atoms with Gasteiger partial charge in [-0.3, -0.25) is 0 Å². The fourth-order valence-electron chi connectivity index (χ4n) is 3.43. The summed E-state index contributed by atoms with van der Waals surface area (Å²) in [6, 6.07) is 21.5. The fraction of sp³-hybridized carbons (Fsp3) is 0.0435. The summed E-state index contributed by atoms with van der Waals surface area (Å²) < 4.78 is 16.5. The first-order valence-corrected chi connectivity index (χ1v) is 8.79. The number of ether oxygens (including phenoxy) is 1. The molecular formula is C23H14O5. The van der Waals surface area contributed by atoms with Crippen LogP contribution in [0.25, 0.3) is 32.7 Å². The predicted molar refractivity (Wildman–Crippen MR) is 107 cm³/mol. The summed E-state index contributed by atoms with van der Waals surface area (Å²) in [7, 11) is 0. The van der Waals surface area contributed by atoms with Crippen molar-refractivity contribution in [3.05, 3.63) is 99.2 Å². The van der Waals surface area contributed by atoms with E-state index in [2.05, 4.69) is 0 Å². The molecule has 0 unspecified atom stereocenters. The van der Waals surface area contributed by atoms with Gasteiger partial charge in [-0.05, 0) is 35.0 Å². The Kier molecular flexibility index (Phi) is 3.72. The monoisotopic (exact) mass is 370 g/mol. The summed E-state index contributed by atoms with van der Waals surface area (Å²) >= 11 is 0. The van der Waals surface area contributed by atoms with E-state index >= 15 is 0 Å². The normalized spacial score (nSPS) is 11.3. The maximum atomic E-state index is 12.0. The molecule has 5 nitrogen and oxygen atoms in total. The lowest BCUT2D eigenvalue weighted by molar-refractivity contribution is 0.306. The number of hydrogen-bond acceptors (Lipinski definition) is 5. The first-order chi connectivity index (χ1) is 13.7. The van der Waals surface area contributed by atoms with Gasteiger partial charge in [0.05, 0.1) is 0 Å². The predicted octanol–water partition coefficient (Wildman–Crippen LogP) is 4.63. The van der Waals surface area contributed by atoms with Crippen molar-refractivity contribution in [2.75, 3.05) is 0 Å². The van der Waals surface area contributed by atoms with Crippen LogP contribution in [0.2, 0.25) is 0 Å². The minimum Gasteiger partial charge on any atom is -0.489 e. The Bertz CT molecular complexity index is 1460. The highest BCUT2D eigenvalue weighted by atomic mass is 16.5. The first-order valence-electron chi connectivity index (χ1n) is 8.79. The van der Waals surface area contributed by atoms with E-state index in [1.54, 1.807) is 24.3 Å². The van der Waals surface area contributed by atoms with E-state index in [1.807, 2.05) is 36.4 Å². The van der Waals surface area contributed by atoms with Crippen molar-refractivity contribution in [2.45, 2.75) is 6.61 Å². The molecule has 0 spiro atoms. The van der Waals surface area contributed by atoms with Crippen LogP contribution in [-0.2, 0) is 6.61 Å². The molecule has 5 heteroatoms. The van der Waals surface area contributed by atoms with Gasteiger partial charge in [0.2, 0.25) is 0 Å². The van der Waals surface area contributed by atoms with Gasteiger partial charge in [-0.2, -0.15) is 0 Å². The highest BCUT2D eigenvalue weighted by molar-refractivity contribution is 6.07. The van der Waals surface area contributed by atoms with E-state index in [0.29, 0.717) is 16.9 Å². The van der Waals surface area contributed by atoms with Crippen molar-refractivity contribution in [1.29, 1.82) is 0 Å². The minimum absolute atomic E-state index is 0.179. The van der Waals surface area contributed by atoms with Crippen molar-refractivity contribution in [3.8, 4) is 5.75 Å². The Morgan fingerprint density at radius 2 is 1.50 bits per heavy atom. The van der Waals surface area contributed by atoms with Crippen molar-refractivity contribution < 1.29 is 13.6 Å². The fourth-order valence-corrected chi connectivity index (χ4v) is 3.43. The molecule has 0 aliphatic carbocycles. The van der Waals surface area contributed by atoms with Gasteiger partial charge < -0.3 is 13.6 Å². The molecule has 5 aromatic rings. The zero-order chi connectivity index (χ0) is 19.1. The molecule has 5 rings (SSSR count). The third-order valence-corrected chi connectivity index (χ3v) is 4.70. The smallest absolute Gasteiger partial charge is 0.336 e. The van der Waals surface area contributed by atoms with Crippen LogP contribution in [0.5, 0.6) is 5.75 Å². The van der Waals surface area contributed by atoms with E-state index in [9.17, 15) is 9.59 Å². The standard InChI is InChI=1S/C23H14O5/c24-21-10-7-15-5-8-17(12-20(15)28-21)26-13-16-11-22(25)27-19-9-6-14-3-1-2-4-18(14)23(16)19/h1-12H,13H2. The third-order valence-electron chi connectivity index (χ3n) is 4.70. The molecule has 136 valence electrons. The molecule has 2 heterocycles. The maximum absolute atomic E-state index is 12.0. The van der Waals surface area contributed by atoms with E-state index < -0.39 is 11.3 Å². The second kappa shape index (κ2) is 6.39. The van der Waals surface area contributed by atoms with Crippen LogP contribution >= 0.6 is 0 Å². The number of rotatable bonds is 3. The van der Waals surface area contributed by atoms with E-state index in [-0.39, 0.29) is 6.61 Å². The Hall–Kier alpha value is -3.86. The number of hydrogen-bond donors (Lipinski definition) is 0. The molecule has 0 radical (unpaired) electrons. The van der Waals surface area contributed by atoms with Crippen LogP contribution in [0.15, 0.2) is 91.2 Å². The van der Waals surface area contributed by atoms with Crippen LogP contribution in [0.4, 0.5) is 0 Å². The van der Waals surface area contributed by atoms with Crippen molar-refractivity contribution >= 4 is 32.7 Å². The van der Waals surface area contributed by atoms with E-state index in [4.69, 9.17) is 13.6 Å². The highest BCUT2D eigenvalue weighted by Gasteiger charge is 2.11. The second-order valence-corrected chi connectivity index (χ2v) is 6.49. The molecule has 0 amide bonds. The Morgan fingerprint density at radius 1 is 0.714 bits per heavy atom. The largest absolute Gasteiger partial charge is 0.489 e. The molecule has 3 aromatic carbocycles. The van der Waals surface area contributed by atoms with Gasteiger partial charge in [0.25, 0.3) is 0 Å². The summed E-state index contributed by atoms with van der Waals surface area (Å²) in [5.74, 6) is 0.545. The van der Waals surface area contributed by atoms with Crippen molar-refractivity contribution in [1.82, 2.24) is 0 Å². The summed E-state index contributed by atoms with van der Waals surface area (Å²) in [6.07, 6.45) is 0. The summed E-state index contributed by atoms with van der Waals surface area (Å²) in [5.41, 5.74) is 0.869. The maximum Gasteiger partial charge on any atom is 0.336 e. The molecule has 0 atom stereocenters. The Morgan fingerprint density at radius 3 is 2.43 bits per heavy atom. The van der Waals surface area contributed by atoms with Crippen molar-refractivity contribution in [3.63, 3.8) is 0 Å². The Balaban J connectivity index is 1.59. The molecule has 2 aromatic heterocycles. The molecule has 0 fully saturated rings. The summed E-state index contributed by atoms with van der Waals surface area (Å²) in [5, 5.41) is 3.71. The molecule has 0 N–H and O–H groups in total. The molecule has 0 saturated heterocycles. The molecule has 28 heavy (non-hydrogen) atoms. The van der Waals surface area contributed by atoms with Crippen LogP contribution in [-0.4, -0.2) is 0 Å². The van der Waals surface area contributed by atoms with Gasteiger partial charge >= 0.3 is 11.3 Å². The molecule has 0 aliphatic rings. The number of fused-ring (bicyclic) bond motifs is 4. The van der Waals surface area contributed by atoms with Gasteiger partial charge in [-0.25, -0.2) is 9.59 Å². The molecule has 0 bridgehead atoms. The van der Waals surface area contributed by atoms with Crippen molar-refractivity contribution in [2.24, 2.45) is 0 Å². The molecule has 0 saturated carbocycles. The lowest BCUT2D eigenvalue weighted by Crippen LogP contribution is -2.04. The lowest BCUT2D eigenvalue weighted by atomic mass is 10.0. The SMILES string of the molecule is O=c1ccc2ccc(OCc3cc(=O)oc4ccc5ccccc5c34)cc2o1. The lowest BCUT2D eigenvalue weighted by Gasteiger charge is -2.10. The van der Waals surface area contributed by atoms with Gasteiger partial charge in [0, 0.05) is 34.5 Å². The van der Waals surface area contributed by atoms with Crippen LogP contribution in [0, 0.1) is 0 Å². The van der Waals surface area contributed by atoms with Gasteiger partial charge in [0.1, 0.15) is 23.5 Å². The van der Waals surface area contributed by atoms with Crippen LogP contribution in [0.1, 0.15) is 5.56 Å². The molecular weight excluding hydrogens is 356 g/mol. The molecule has 0 aliphatic heterocycles. The third kappa shape index (κ3) is 2.83. The van der Waals surface area contributed by atoms with Gasteiger partial charge in [-0.1, -0.05) is 30.3 Å². The summed E-state index contributed by atoms with van der Waals surface area (Å²) in [6.45, 7) is 0.179. The second-order valence-electron chi connectivity index (χ2n) is 6.49. The van der Waals surface area contributed by atoms with Crippen LogP contribution < -0.4 is 16.0 Å². The minimum atomic E-state index is -0.425. The first kappa shape index (κ1) is 16.3. The average molecular weight is 370 g/mol. The highest BCUT2D eigenvalue weighted by Crippen LogP contribution is 2.28. The summed E-state index contributed by atoms with van der Waals surface area (Å²) in [4.78, 5) is 23.4. The van der Waals surface area contributed by atoms with Gasteiger partial charge in [0.15, 0.2) is 0 Å². The topological polar surface area (TPSA) is 69.7 Å². The van der Waals surface area contributed by atoms with E-state index in [1.165, 1.54) is 12.1 Å². The van der Waals surface area contributed by atoms with Gasteiger partial charge in [-0.15, -0.1) is 0 Å². The zero-order valence-electron chi connectivity index (χ0n) is 14.7. The van der Waals surface area contributed by atoms with E-state index in [0.717, 1.165) is 27.1 Å².